The third-order valence-electron chi connectivity index (χ3n) is 7.58. The summed E-state index contributed by atoms with van der Waals surface area (Å²) >= 11 is 0. The minimum Gasteiger partial charge on any atom is -0.422 e. The van der Waals surface area contributed by atoms with Crippen molar-refractivity contribution in [3.63, 3.8) is 0 Å². The van der Waals surface area contributed by atoms with Crippen molar-refractivity contribution in [1.82, 2.24) is 0 Å². The summed E-state index contributed by atoms with van der Waals surface area (Å²) in [4.78, 5) is 12.1. The van der Waals surface area contributed by atoms with Crippen LogP contribution in [-0.4, -0.2) is 51.0 Å². The second kappa shape index (κ2) is 5.41. The highest BCUT2D eigenvalue weighted by Gasteiger charge is 2.65. The van der Waals surface area contributed by atoms with Crippen molar-refractivity contribution in [3.8, 4) is 0 Å². The molecule has 1 aliphatic heterocycles. The molecule has 0 aromatic carbocycles. The van der Waals surface area contributed by atoms with Gasteiger partial charge in [0, 0.05) is 11.5 Å². The van der Waals surface area contributed by atoms with Gasteiger partial charge in [-0.3, -0.25) is 0 Å². The zero-order valence-corrected chi connectivity index (χ0v) is 15.5. The maximum absolute atomic E-state index is 12.1. The first-order valence-electron chi connectivity index (χ1n) is 9.44. The molecule has 0 radical (unpaired) electrons. The Hall–Kier alpha value is -1.21. The SMILES string of the molecule is CC1(C)CCC[C@]2(C)[C@@H]1C[C@H](O)C1=CC3=C(CO)C(=O)O[C@@]3(O)[C@H](O)[C@H]12. The van der Waals surface area contributed by atoms with Crippen molar-refractivity contribution in [2.75, 3.05) is 6.61 Å². The van der Waals surface area contributed by atoms with E-state index in [0.717, 1.165) is 19.3 Å². The number of carbonyl (C=O) groups excluding carboxylic acids is 1. The maximum atomic E-state index is 12.1. The van der Waals surface area contributed by atoms with Crippen LogP contribution in [0.15, 0.2) is 22.8 Å². The van der Waals surface area contributed by atoms with E-state index in [4.69, 9.17) is 4.74 Å². The Kier molecular flexibility index (Phi) is 3.78. The van der Waals surface area contributed by atoms with Gasteiger partial charge in [0.2, 0.25) is 0 Å². The largest absolute Gasteiger partial charge is 0.422 e. The predicted octanol–water partition coefficient (Wildman–Crippen LogP) is 1.03. The summed E-state index contributed by atoms with van der Waals surface area (Å²) in [5.41, 5.74) is 0.362. The van der Waals surface area contributed by atoms with Crippen LogP contribution in [0, 0.1) is 22.7 Å². The monoisotopic (exact) mass is 364 g/mol. The van der Waals surface area contributed by atoms with E-state index in [1.807, 2.05) is 0 Å². The highest BCUT2D eigenvalue weighted by molar-refractivity contribution is 5.94. The summed E-state index contributed by atoms with van der Waals surface area (Å²) in [7, 11) is 0. The average molecular weight is 364 g/mol. The van der Waals surface area contributed by atoms with E-state index in [0.29, 0.717) is 12.0 Å². The van der Waals surface area contributed by atoms with Crippen LogP contribution in [-0.2, 0) is 9.53 Å². The summed E-state index contributed by atoms with van der Waals surface area (Å²) in [6, 6.07) is 0. The summed E-state index contributed by atoms with van der Waals surface area (Å²) < 4.78 is 5.14. The third-order valence-corrected chi connectivity index (χ3v) is 7.58. The molecule has 144 valence electrons. The van der Waals surface area contributed by atoms with E-state index < -0.39 is 36.5 Å². The molecule has 0 unspecified atom stereocenters. The number of aliphatic hydroxyl groups excluding tert-OH is 3. The first kappa shape index (κ1) is 18.2. The van der Waals surface area contributed by atoms with E-state index >= 15 is 0 Å². The summed E-state index contributed by atoms with van der Waals surface area (Å²) in [5.74, 6) is -3.30. The smallest absolute Gasteiger partial charge is 0.339 e. The van der Waals surface area contributed by atoms with Crippen LogP contribution in [0.1, 0.15) is 46.5 Å². The number of rotatable bonds is 1. The number of hydrogen-bond acceptors (Lipinski definition) is 6. The lowest BCUT2D eigenvalue weighted by atomic mass is 9.45. The van der Waals surface area contributed by atoms with Gasteiger partial charge in [-0.05, 0) is 47.7 Å². The van der Waals surface area contributed by atoms with Gasteiger partial charge in [0.15, 0.2) is 0 Å². The number of fused-ring (bicyclic) bond motifs is 4. The van der Waals surface area contributed by atoms with Crippen molar-refractivity contribution in [3.05, 3.63) is 22.8 Å². The van der Waals surface area contributed by atoms with E-state index in [1.54, 1.807) is 6.08 Å². The molecule has 6 heteroatoms. The lowest BCUT2D eigenvalue weighted by Crippen LogP contribution is -2.62. The molecule has 0 amide bonds. The first-order valence-corrected chi connectivity index (χ1v) is 9.44. The lowest BCUT2D eigenvalue weighted by molar-refractivity contribution is -0.244. The highest BCUT2D eigenvalue weighted by atomic mass is 16.7. The van der Waals surface area contributed by atoms with Crippen LogP contribution in [0.4, 0.5) is 0 Å². The Morgan fingerprint density at radius 3 is 2.58 bits per heavy atom. The van der Waals surface area contributed by atoms with E-state index in [-0.39, 0.29) is 27.9 Å². The molecule has 0 spiro atoms. The van der Waals surface area contributed by atoms with Gasteiger partial charge >= 0.3 is 5.97 Å². The van der Waals surface area contributed by atoms with Gasteiger partial charge in [-0.2, -0.15) is 0 Å². The van der Waals surface area contributed by atoms with Crippen LogP contribution in [0.25, 0.3) is 0 Å². The van der Waals surface area contributed by atoms with Gasteiger partial charge in [-0.1, -0.05) is 27.2 Å². The topological polar surface area (TPSA) is 107 Å². The van der Waals surface area contributed by atoms with Crippen LogP contribution in [0.5, 0.6) is 0 Å². The Morgan fingerprint density at radius 1 is 1.23 bits per heavy atom. The molecule has 2 saturated carbocycles. The Balaban J connectivity index is 1.89. The zero-order chi connectivity index (χ0) is 19.1. The first-order chi connectivity index (χ1) is 12.1. The minimum absolute atomic E-state index is 0.0145. The fourth-order valence-electron chi connectivity index (χ4n) is 6.34. The lowest BCUT2D eigenvalue weighted by Gasteiger charge is -2.61. The molecule has 26 heavy (non-hydrogen) atoms. The minimum atomic E-state index is -2.16. The second-order valence-electron chi connectivity index (χ2n) is 9.36. The van der Waals surface area contributed by atoms with Gasteiger partial charge < -0.3 is 25.2 Å². The van der Waals surface area contributed by atoms with Crippen molar-refractivity contribution >= 4 is 5.97 Å². The van der Waals surface area contributed by atoms with Crippen molar-refractivity contribution in [1.29, 1.82) is 0 Å². The average Bonchev–Trinajstić information content (AvgIpc) is 2.80. The second-order valence-corrected chi connectivity index (χ2v) is 9.36. The van der Waals surface area contributed by atoms with Crippen LogP contribution < -0.4 is 0 Å². The molecule has 6 atom stereocenters. The van der Waals surface area contributed by atoms with E-state index in [1.165, 1.54) is 0 Å². The van der Waals surface area contributed by atoms with E-state index in [2.05, 4.69) is 20.8 Å². The predicted molar refractivity (Wildman–Crippen MR) is 92.6 cm³/mol. The summed E-state index contributed by atoms with van der Waals surface area (Å²) in [5, 5.41) is 42.6. The molecule has 0 aromatic heterocycles. The van der Waals surface area contributed by atoms with Crippen LogP contribution in [0.3, 0.4) is 0 Å². The molecule has 1 heterocycles. The Labute approximate surface area is 153 Å². The molecule has 3 aliphatic carbocycles. The Bertz CT molecular complexity index is 722. The van der Waals surface area contributed by atoms with Crippen molar-refractivity contribution < 1.29 is 30.0 Å². The van der Waals surface area contributed by atoms with Crippen molar-refractivity contribution in [2.24, 2.45) is 22.7 Å². The molecule has 0 saturated heterocycles. The van der Waals surface area contributed by atoms with Crippen LogP contribution >= 0.6 is 0 Å². The number of esters is 1. The highest BCUT2D eigenvalue weighted by Crippen LogP contribution is 2.64. The summed E-state index contributed by atoms with van der Waals surface area (Å²) in [6.07, 6.45) is 2.99. The molecule has 4 aliphatic rings. The normalized spacial score (nSPS) is 46.9. The van der Waals surface area contributed by atoms with Gasteiger partial charge in [0.25, 0.3) is 5.79 Å². The Morgan fingerprint density at radius 2 is 1.92 bits per heavy atom. The number of aliphatic hydroxyl groups is 4. The molecular formula is C20H28O6. The molecule has 2 fully saturated rings. The van der Waals surface area contributed by atoms with Gasteiger partial charge in [0.1, 0.15) is 6.10 Å². The fourth-order valence-corrected chi connectivity index (χ4v) is 6.34. The van der Waals surface area contributed by atoms with Crippen molar-refractivity contribution in [2.45, 2.75) is 64.4 Å². The standard InChI is InChI=1S/C20H28O6/c1-18(2)5-4-6-19(3)14(18)8-13(22)10-7-12-11(9-21)17(24)26-20(12,25)16(23)15(10)19/h7,13-16,21-23,25H,4-6,8-9H2,1-3H3/t13-,14+,15-,16+,19+,20+/m0/s1. The number of hydrogen-bond donors (Lipinski definition) is 4. The van der Waals surface area contributed by atoms with Gasteiger partial charge in [0.05, 0.1) is 18.3 Å². The van der Waals surface area contributed by atoms with Gasteiger partial charge in [-0.15, -0.1) is 0 Å². The van der Waals surface area contributed by atoms with Crippen LogP contribution in [0.2, 0.25) is 0 Å². The number of ether oxygens (including phenoxy) is 1. The maximum Gasteiger partial charge on any atom is 0.339 e. The molecule has 4 rings (SSSR count). The quantitative estimate of drug-likeness (QED) is 0.518. The van der Waals surface area contributed by atoms with Gasteiger partial charge in [-0.25, -0.2) is 4.79 Å². The molecule has 0 aromatic rings. The third kappa shape index (κ3) is 2.10. The molecule has 6 nitrogen and oxygen atoms in total. The molecular weight excluding hydrogens is 336 g/mol. The molecule has 4 N–H and O–H groups in total. The number of carbonyl (C=O) groups is 1. The fraction of sp³-hybridized carbons (Fsp3) is 0.750. The zero-order valence-electron chi connectivity index (χ0n) is 15.5. The molecule has 0 bridgehead atoms. The van der Waals surface area contributed by atoms with E-state index in [9.17, 15) is 25.2 Å². The summed E-state index contributed by atoms with van der Waals surface area (Å²) in [6.45, 7) is 5.94.